The van der Waals surface area contributed by atoms with Crippen LogP contribution in [0.3, 0.4) is 0 Å². The van der Waals surface area contributed by atoms with Crippen LogP contribution in [0.2, 0.25) is 0 Å². The van der Waals surface area contributed by atoms with Gasteiger partial charge < -0.3 is 9.64 Å². The van der Waals surface area contributed by atoms with Gasteiger partial charge in [-0.05, 0) is 55.7 Å². The summed E-state index contributed by atoms with van der Waals surface area (Å²) < 4.78 is 5.70. The Kier molecular flexibility index (Phi) is 5.01. The number of pyridine rings is 2. The number of piperidine rings is 1. The van der Waals surface area contributed by atoms with Gasteiger partial charge in [-0.25, -0.2) is 9.97 Å². The van der Waals surface area contributed by atoms with Crippen molar-refractivity contribution in [3.63, 3.8) is 0 Å². The molecular weight excluding hydrogens is 338 g/mol. The zero-order valence-corrected chi connectivity index (χ0v) is 15.5. The van der Waals surface area contributed by atoms with Gasteiger partial charge in [0.25, 0.3) is 5.91 Å². The van der Waals surface area contributed by atoms with Crippen molar-refractivity contribution < 1.29 is 9.53 Å². The molecule has 1 aromatic carbocycles. The molecule has 0 radical (unpaired) electrons. The molecule has 5 heteroatoms. The van der Waals surface area contributed by atoms with Crippen LogP contribution in [0.25, 0.3) is 11.0 Å². The quantitative estimate of drug-likeness (QED) is 0.711. The summed E-state index contributed by atoms with van der Waals surface area (Å²) in [5.41, 5.74) is 2.91. The van der Waals surface area contributed by atoms with Crippen molar-refractivity contribution in [1.82, 2.24) is 14.9 Å². The Labute approximate surface area is 159 Å². The van der Waals surface area contributed by atoms with Crippen LogP contribution in [-0.2, 0) is 4.79 Å². The maximum absolute atomic E-state index is 12.5. The van der Waals surface area contributed by atoms with E-state index in [0.717, 1.165) is 54.0 Å². The number of ether oxygens (including phenoxy) is 1. The number of hydrogen-bond donors (Lipinski definition) is 0. The summed E-state index contributed by atoms with van der Waals surface area (Å²) in [5.74, 6) is 1.19. The Bertz CT molecular complexity index is 949. The summed E-state index contributed by atoms with van der Waals surface area (Å²) in [6.45, 7) is 3.55. The summed E-state index contributed by atoms with van der Waals surface area (Å²) in [4.78, 5) is 23.4. The predicted octanol–water partition coefficient (Wildman–Crippen LogP) is 3.72. The first-order valence-electron chi connectivity index (χ1n) is 9.38. The number of aryl methyl sites for hydroxylation is 1. The third-order valence-corrected chi connectivity index (χ3v) is 5.20. The van der Waals surface area contributed by atoms with E-state index in [0.29, 0.717) is 5.92 Å². The van der Waals surface area contributed by atoms with E-state index in [1.807, 2.05) is 48.2 Å². The standard InChI is InChI=1S/C22H23N3O2/c1-16-5-2-3-7-20(16)27-15-21(26)25-13-10-17(11-14-25)19-9-8-18-6-4-12-23-22(18)24-19/h2-9,12,17H,10-11,13-15H2,1H3. The lowest BCUT2D eigenvalue weighted by Gasteiger charge is -2.31. The minimum Gasteiger partial charge on any atom is -0.484 e. The van der Waals surface area contributed by atoms with Gasteiger partial charge in [0.05, 0.1) is 0 Å². The molecule has 5 nitrogen and oxygen atoms in total. The summed E-state index contributed by atoms with van der Waals surface area (Å²) in [5, 5.41) is 1.06. The molecule has 0 aliphatic carbocycles. The van der Waals surface area contributed by atoms with E-state index in [4.69, 9.17) is 9.72 Å². The molecule has 0 N–H and O–H groups in total. The molecule has 27 heavy (non-hydrogen) atoms. The van der Waals surface area contributed by atoms with Gasteiger partial charge in [0, 0.05) is 36.3 Å². The monoisotopic (exact) mass is 361 g/mol. The Balaban J connectivity index is 1.34. The van der Waals surface area contributed by atoms with Crippen LogP contribution in [0.15, 0.2) is 54.7 Å². The number of hydrogen-bond acceptors (Lipinski definition) is 4. The molecule has 3 aromatic rings. The third-order valence-electron chi connectivity index (χ3n) is 5.20. The second kappa shape index (κ2) is 7.74. The third kappa shape index (κ3) is 3.92. The van der Waals surface area contributed by atoms with Crippen molar-refractivity contribution in [2.24, 2.45) is 0 Å². The SMILES string of the molecule is Cc1ccccc1OCC(=O)N1CCC(c2ccc3cccnc3n2)CC1. The van der Waals surface area contributed by atoms with E-state index < -0.39 is 0 Å². The van der Waals surface area contributed by atoms with Crippen molar-refractivity contribution in [3.8, 4) is 5.75 Å². The number of fused-ring (bicyclic) bond motifs is 1. The van der Waals surface area contributed by atoms with E-state index in [-0.39, 0.29) is 12.5 Å². The predicted molar refractivity (Wildman–Crippen MR) is 105 cm³/mol. The summed E-state index contributed by atoms with van der Waals surface area (Å²) in [6.07, 6.45) is 3.61. The smallest absolute Gasteiger partial charge is 0.260 e. The fourth-order valence-corrected chi connectivity index (χ4v) is 3.57. The number of benzene rings is 1. The molecule has 0 unspecified atom stereocenters. The lowest BCUT2D eigenvalue weighted by Crippen LogP contribution is -2.40. The first-order chi connectivity index (χ1) is 13.2. The second-order valence-electron chi connectivity index (χ2n) is 7.00. The number of likely N-dealkylation sites (tertiary alicyclic amines) is 1. The molecule has 0 bridgehead atoms. The van der Waals surface area contributed by atoms with Crippen molar-refractivity contribution in [1.29, 1.82) is 0 Å². The molecule has 3 heterocycles. The Morgan fingerprint density at radius 2 is 1.93 bits per heavy atom. The topological polar surface area (TPSA) is 55.3 Å². The van der Waals surface area contributed by atoms with Crippen molar-refractivity contribution >= 4 is 16.9 Å². The number of nitrogens with zero attached hydrogens (tertiary/aromatic N) is 3. The van der Waals surface area contributed by atoms with Gasteiger partial charge in [0.1, 0.15) is 5.75 Å². The summed E-state index contributed by atoms with van der Waals surface area (Å²) in [7, 11) is 0. The summed E-state index contributed by atoms with van der Waals surface area (Å²) >= 11 is 0. The highest BCUT2D eigenvalue weighted by Crippen LogP contribution is 2.28. The van der Waals surface area contributed by atoms with E-state index in [1.165, 1.54) is 0 Å². The van der Waals surface area contributed by atoms with Crippen LogP contribution in [0.4, 0.5) is 0 Å². The van der Waals surface area contributed by atoms with Gasteiger partial charge in [0.2, 0.25) is 0 Å². The Morgan fingerprint density at radius 3 is 2.74 bits per heavy atom. The van der Waals surface area contributed by atoms with Gasteiger partial charge in [-0.1, -0.05) is 18.2 Å². The molecule has 1 fully saturated rings. The Morgan fingerprint density at radius 1 is 1.11 bits per heavy atom. The van der Waals surface area contributed by atoms with Crippen LogP contribution in [0, 0.1) is 6.92 Å². The average Bonchev–Trinajstić information content (AvgIpc) is 2.73. The zero-order chi connectivity index (χ0) is 18.6. The number of rotatable bonds is 4. The van der Waals surface area contributed by atoms with Gasteiger partial charge >= 0.3 is 0 Å². The van der Waals surface area contributed by atoms with Gasteiger partial charge in [-0.15, -0.1) is 0 Å². The van der Waals surface area contributed by atoms with Crippen molar-refractivity contribution in [2.75, 3.05) is 19.7 Å². The van der Waals surface area contributed by atoms with Crippen molar-refractivity contribution in [3.05, 3.63) is 66.0 Å². The fraction of sp³-hybridized carbons (Fsp3) is 0.318. The minimum atomic E-state index is 0.0461. The highest BCUT2D eigenvalue weighted by molar-refractivity contribution is 5.78. The molecule has 1 amide bonds. The van der Waals surface area contributed by atoms with E-state index >= 15 is 0 Å². The van der Waals surface area contributed by atoms with Crippen LogP contribution >= 0.6 is 0 Å². The van der Waals surface area contributed by atoms with E-state index in [1.54, 1.807) is 6.20 Å². The molecule has 138 valence electrons. The number of amides is 1. The number of carbonyl (C=O) groups excluding carboxylic acids is 1. The highest BCUT2D eigenvalue weighted by atomic mass is 16.5. The van der Waals surface area contributed by atoms with Crippen LogP contribution < -0.4 is 4.74 Å². The van der Waals surface area contributed by atoms with Gasteiger partial charge in [-0.3, -0.25) is 4.79 Å². The molecule has 1 aliphatic rings. The maximum atomic E-state index is 12.5. The summed E-state index contributed by atoms with van der Waals surface area (Å²) in [6, 6.07) is 15.9. The molecule has 1 aliphatic heterocycles. The first kappa shape index (κ1) is 17.5. The average molecular weight is 361 g/mol. The van der Waals surface area contributed by atoms with E-state index in [2.05, 4.69) is 17.1 Å². The largest absolute Gasteiger partial charge is 0.484 e. The Hall–Kier alpha value is -2.95. The van der Waals surface area contributed by atoms with Crippen LogP contribution in [0.1, 0.15) is 30.0 Å². The number of aromatic nitrogens is 2. The first-order valence-corrected chi connectivity index (χ1v) is 9.38. The lowest BCUT2D eigenvalue weighted by atomic mass is 9.93. The molecule has 0 atom stereocenters. The second-order valence-corrected chi connectivity index (χ2v) is 7.00. The molecule has 4 rings (SSSR count). The van der Waals surface area contributed by atoms with Gasteiger partial charge in [-0.2, -0.15) is 0 Å². The fourth-order valence-electron chi connectivity index (χ4n) is 3.57. The van der Waals surface area contributed by atoms with E-state index in [9.17, 15) is 4.79 Å². The minimum absolute atomic E-state index is 0.0461. The molecule has 0 saturated carbocycles. The normalized spacial score (nSPS) is 15.1. The van der Waals surface area contributed by atoms with Crippen LogP contribution in [0.5, 0.6) is 5.75 Å². The maximum Gasteiger partial charge on any atom is 0.260 e. The molecule has 0 spiro atoms. The zero-order valence-electron chi connectivity index (χ0n) is 15.5. The van der Waals surface area contributed by atoms with Crippen molar-refractivity contribution in [2.45, 2.75) is 25.7 Å². The lowest BCUT2D eigenvalue weighted by molar-refractivity contribution is -0.134. The molecular formula is C22H23N3O2. The molecule has 1 saturated heterocycles. The van der Waals surface area contributed by atoms with Gasteiger partial charge in [0.15, 0.2) is 12.3 Å². The number of carbonyl (C=O) groups is 1. The number of para-hydroxylation sites is 1. The highest BCUT2D eigenvalue weighted by Gasteiger charge is 2.25. The molecule has 2 aromatic heterocycles. The van der Waals surface area contributed by atoms with Crippen LogP contribution in [-0.4, -0.2) is 40.5 Å².